The molecule has 0 saturated carbocycles. The van der Waals surface area contributed by atoms with Gasteiger partial charge in [0, 0.05) is 5.41 Å². The fourth-order valence-corrected chi connectivity index (χ4v) is 1.59. The van der Waals surface area contributed by atoms with Crippen LogP contribution in [0.2, 0.25) is 0 Å². The fourth-order valence-electron chi connectivity index (χ4n) is 1.15. The van der Waals surface area contributed by atoms with E-state index in [0.29, 0.717) is 5.71 Å². The zero-order chi connectivity index (χ0) is 10.9. The minimum Gasteiger partial charge on any atom is -0.295 e. The maximum Gasteiger partial charge on any atom is 0.281 e. The largest absolute Gasteiger partial charge is 0.295 e. The lowest BCUT2D eigenvalue weighted by Crippen LogP contribution is -2.56. The molecule has 0 aromatic rings. The Morgan fingerprint density at radius 1 is 1.57 bits per heavy atom. The first kappa shape index (κ1) is 11.5. The predicted octanol–water partition coefficient (Wildman–Crippen LogP) is 0.341. The molecule has 0 spiro atoms. The molecule has 0 radical (unpaired) electrons. The third-order valence-corrected chi connectivity index (χ3v) is 2.54. The first-order valence-corrected chi connectivity index (χ1v) is 5.52. The van der Waals surface area contributed by atoms with E-state index in [0.717, 1.165) is 0 Å². The molecule has 1 aliphatic rings. The molecule has 5 nitrogen and oxygen atoms in total. The fraction of sp³-hybridized carbons (Fsp3) is 0.750. The predicted molar refractivity (Wildman–Crippen MR) is 58.4 cm³/mol. The van der Waals surface area contributed by atoms with Crippen LogP contribution in [0.5, 0.6) is 0 Å². The van der Waals surface area contributed by atoms with Gasteiger partial charge in [-0.3, -0.25) is 16.0 Å². The van der Waals surface area contributed by atoms with Crippen molar-refractivity contribution >= 4 is 23.6 Å². The second kappa shape index (κ2) is 3.88. The van der Waals surface area contributed by atoms with Crippen molar-refractivity contribution in [2.45, 2.75) is 27.1 Å². The van der Waals surface area contributed by atoms with E-state index in [2.05, 4.69) is 10.4 Å². The molecule has 14 heavy (non-hydrogen) atoms. The number of nitrogens with zero attached hydrogens (tertiary/aromatic N) is 2. The van der Waals surface area contributed by atoms with Crippen LogP contribution in [0.15, 0.2) is 4.99 Å². The van der Waals surface area contributed by atoms with Gasteiger partial charge in [-0.25, -0.2) is 4.99 Å². The van der Waals surface area contributed by atoms with Crippen LogP contribution >= 0.6 is 11.9 Å². The monoisotopic (exact) mass is 216 g/mol. The first-order chi connectivity index (χ1) is 6.36. The molecular weight excluding hydrogens is 200 g/mol. The van der Waals surface area contributed by atoms with Gasteiger partial charge in [0.15, 0.2) is 6.29 Å². The van der Waals surface area contributed by atoms with Crippen molar-refractivity contribution in [2.75, 3.05) is 6.26 Å². The number of hydrazine groups is 1. The van der Waals surface area contributed by atoms with Gasteiger partial charge in [0.05, 0.1) is 0 Å². The second-order valence-corrected chi connectivity index (χ2v) is 4.85. The number of nitrogens with two attached hydrogens (primary N) is 1. The summed E-state index contributed by atoms with van der Waals surface area (Å²) in [6, 6.07) is 0. The zero-order valence-electron chi connectivity index (χ0n) is 8.87. The van der Waals surface area contributed by atoms with E-state index >= 15 is 0 Å². The van der Waals surface area contributed by atoms with Gasteiger partial charge in [-0.1, -0.05) is 32.7 Å². The van der Waals surface area contributed by atoms with Crippen molar-refractivity contribution in [2.24, 2.45) is 16.1 Å². The smallest absolute Gasteiger partial charge is 0.281 e. The molecule has 0 aromatic carbocycles. The van der Waals surface area contributed by atoms with E-state index < -0.39 is 6.29 Å². The van der Waals surface area contributed by atoms with Gasteiger partial charge in [-0.15, -0.1) is 4.41 Å². The van der Waals surface area contributed by atoms with Gasteiger partial charge in [-0.05, 0) is 6.26 Å². The summed E-state index contributed by atoms with van der Waals surface area (Å²) in [6.45, 7) is 5.81. The Morgan fingerprint density at radius 3 is 2.57 bits per heavy atom. The Balaban J connectivity index is 2.94. The third kappa shape index (κ3) is 2.26. The zero-order valence-corrected chi connectivity index (χ0v) is 9.68. The van der Waals surface area contributed by atoms with Crippen molar-refractivity contribution < 1.29 is 4.79 Å². The molecular formula is C8H16N4OS. The molecule has 1 rings (SSSR count). The molecule has 0 fully saturated rings. The van der Waals surface area contributed by atoms with Crippen molar-refractivity contribution in [1.82, 2.24) is 9.84 Å². The Labute approximate surface area is 88.2 Å². The van der Waals surface area contributed by atoms with Gasteiger partial charge in [0.1, 0.15) is 5.71 Å². The standard InChI is InChI=1S/C8H16N4OS/c1-8(2,3)5-6(13)11-12(14-4)7(9)10-5/h7H,9H2,1-4H3,(H,11,13). The summed E-state index contributed by atoms with van der Waals surface area (Å²) >= 11 is 1.34. The van der Waals surface area contributed by atoms with Crippen LogP contribution in [-0.2, 0) is 4.79 Å². The first-order valence-electron chi connectivity index (χ1n) is 4.34. The molecule has 1 atom stereocenters. The summed E-state index contributed by atoms with van der Waals surface area (Å²) < 4.78 is 1.53. The number of rotatable bonds is 1. The average Bonchev–Trinajstić information content (AvgIpc) is 2.06. The van der Waals surface area contributed by atoms with Crippen molar-refractivity contribution in [3.63, 3.8) is 0 Å². The van der Waals surface area contributed by atoms with E-state index in [1.165, 1.54) is 16.4 Å². The molecule has 6 heteroatoms. The van der Waals surface area contributed by atoms with E-state index in [1.54, 1.807) is 0 Å². The molecule has 3 N–H and O–H groups in total. The molecule has 0 bridgehead atoms. The second-order valence-electron chi connectivity index (χ2n) is 4.09. The highest BCUT2D eigenvalue weighted by Crippen LogP contribution is 2.20. The molecule has 0 aliphatic carbocycles. The van der Waals surface area contributed by atoms with Crippen LogP contribution in [0, 0.1) is 5.41 Å². The molecule has 0 saturated heterocycles. The Hall–Kier alpha value is -0.590. The number of hydrogen-bond donors (Lipinski definition) is 2. The van der Waals surface area contributed by atoms with Gasteiger partial charge in [0.25, 0.3) is 5.91 Å². The maximum absolute atomic E-state index is 11.6. The summed E-state index contributed by atoms with van der Waals surface area (Å²) in [5.74, 6) is -0.173. The van der Waals surface area contributed by atoms with Crippen LogP contribution in [0.25, 0.3) is 0 Å². The Morgan fingerprint density at radius 2 is 2.14 bits per heavy atom. The number of amides is 1. The molecule has 0 aromatic heterocycles. The van der Waals surface area contributed by atoms with Crippen LogP contribution in [-0.4, -0.2) is 28.6 Å². The molecule has 80 valence electrons. The number of carbonyl (C=O) groups excluding carboxylic acids is 1. The van der Waals surface area contributed by atoms with Crippen LogP contribution < -0.4 is 11.2 Å². The average molecular weight is 216 g/mol. The van der Waals surface area contributed by atoms with E-state index in [-0.39, 0.29) is 11.3 Å². The van der Waals surface area contributed by atoms with Crippen LogP contribution in [0.4, 0.5) is 0 Å². The molecule has 1 heterocycles. The number of aliphatic imine (C=N–C) groups is 1. The van der Waals surface area contributed by atoms with Gasteiger partial charge < -0.3 is 0 Å². The quantitative estimate of drug-likeness (QED) is 0.620. The Bertz CT molecular complexity index is 271. The highest BCUT2D eigenvalue weighted by Gasteiger charge is 2.32. The minimum atomic E-state index is -0.503. The Kier molecular flexibility index (Phi) is 3.18. The minimum absolute atomic E-state index is 0.173. The lowest BCUT2D eigenvalue weighted by molar-refractivity contribution is -0.119. The topological polar surface area (TPSA) is 70.7 Å². The van der Waals surface area contributed by atoms with E-state index in [9.17, 15) is 4.79 Å². The highest BCUT2D eigenvalue weighted by atomic mass is 32.2. The number of hydrogen-bond acceptors (Lipinski definition) is 5. The van der Waals surface area contributed by atoms with Crippen molar-refractivity contribution in [1.29, 1.82) is 0 Å². The molecule has 1 aliphatic heterocycles. The lowest BCUT2D eigenvalue weighted by Gasteiger charge is -2.32. The third-order valence-electron chi connectivity index (χ3n) is 1.84. The summed E-state index contributed by atoms with van der Waals surface area (Å²) in [7, 11) is 0. The van der Waals surface area contributed by atoms with Crippen LogP contribution in [0.3, 0.4) is 0 Å². The summed E-state index contributed by atoms with van der Waals surface area (Å²) in [5.41, 5.74) is 8.64. The normalized spacial score (nSPS) is 24.5. The number of carbonyl (C=O) groups is 1. The molecule has 1 amide bonds. The molecule has 1 unspecified atom stereocenters. The van der Waals surface area contributed by atoms with Gasteiger partial charge in [0.2, 0.25) is 0 Å². The lowest BCUT2D eigenvalue weighted by atomic mass is 9.89. The van der Waals surface area contributed by atoms with Gasteiger partial charge in [-0.2, -0.15) is 0 Å². The summed E-state index contributed by atoms with van der Waals surface area (Å²) in [5, 5.41) is 0. The van der Waals surface area contributed by atoms with E-state index in [4.69, 9.17) is 5.73 Å². The van der Waals surface area contributed by atoms with Crippen molar-refractivity contribution in [3.05, 3.63) is 0 Å². The van der Waals surface area contributed by atoms with Crippen molar-refractivity contribution in [3.8, 4) is 0 Å². The van der Waals surface area contributed by atoms with Crippen LogP contribution in [0.1, 0.15) is 20.8 Å². The summed E-state index contributed by atoms with van der Waals surface area (Å²) in [4.78, 5) is 15.8. The van der Waals surface area contributed by atoms with Gasteiger partial charge >= 0.3 is 0 Å². The van der Waals surface area contributed by atoms with E-state index in [1.807, 2.05) is 27.0 Å². The maximum atomic E-state index is 11.6. The summed E-state index contributed by atoms with van der Waals surface area (Å²) in [6.07, 6.45) is 1.33. The number of nitrogens with one attached hydrogen (secondary N) is 1. The SMILES string of the molecule is CSN1NC(=O)C(C(C)(C)C)=NC1N. The highest BCUT2D eigenvalue weighted by molar-refractivity contribution is 7.96.